The molecule has 7 nitrogen and oxygen atoms in total. The van der Waals surface area contributed by atoms with Crippen LogP contribution in [0.25, 0.3) is 22.2 Å². The minimum absolute atomic E-state index is 0.0101. The van der Waals surface area contributed by atoms with Gasteiger partial charge in [-0.15, -0.1) is 11.3 Å². The lowest BCUT2D eigenvalue weighted by Crippen LogP contribution is -2.26. The average molecular weight is 430 g/mol. The Hall–Kier alpha value is -3.11. The molecule has 0 saturated carbocycles. The molecule has 10 heteroatoms. The van der Waals surface area contributed by atoms with Crippen molar-refractivity contribution in [3.63, 3.8) is 0 Å². The van der Waals surface area contributed by atoms with Crippen molar-refractivity contribution in [2.45, 2.75) is 11.8 Å². The number of rotatable bonds is 5. The Balaban J connectivity index is 1.72. The lowest BCUT2D eigenvalue weighted by atomic mass is 10.2. The quantitative estimate of drug-likeness (QED) is 0.473. The summed E-state index contributed by atoms with van der Waals surface area (Å²) in [6.07, 6.45) is 3.20. The Morgan fingerprint density at radius 1 is 1.14 bits per heavy atom. The van der Waals surface area contributed by atoms with Crippen molar-refractivity contribution < 1.29 is 17.3 Å². The van der Waals surface area contributed by atoms with Crippen LogP contribution in [0.1, 0.15) is 5.56 Å². The Bertz CT molecular complexity index is 1270. The monoisotopic (exact) mass is 430 g/mol. The lowest BCUT2D eigenvalue weighted by Gasteiger charge is -2.19. The van der Waals surface area contributed by atoms with E-state index in [9.17, 15) is 12.8 Å². The molecule has 0 amide bonds. The van der Waals surface area contributed by atoms with Gasteiger partial charge in [0.15, 0.2) is 0 Å². The number of aromatic nitrogens is 3. The second-order valence-corrected chi connectivity index (χ2v) is 9.03. The van der Waals surface area contributed by atoms with Crippen LogP contribution in [0.15, 0.2) is 63.6 Å². The molecule has 0 radical (unpaired) electrons. The molecule has 0 fully saturated rings. The first-order valence-corrected chi connectivity index (χ1v) is 10.8. The molecule has 1 aromatic carbocycles. The van der Waals surface area contributed by atoms with Crippen LogP contribution in [-0.4, -0.2) is 30.6 Å². The number of pyridine rings is 1. The van der Waals surface area contributed by atoms with E-state index in [1.165, 1.54) is 36.6 Å². The number of thiophene rings is 1. The predicted octanol–water partition coefficient (Wildman–Crippen LogP) is 4.13. The van der Waals surface area contributed by atoms with E-state index in [1.54, 1.807) is 42.9 Å². The molecular formula is C19H15FN4O3S2. The van der Waals surface area contributed by atoms with E-state index in [4.69, 9.17) is 4.52 Å². The van der Waals surface area contributed by atoms with Crippen LogP contribution in [0.3, 0.4) is 0 Å². The first kappa shape index (κ1) is 19.2. The van der Waals surface area contributed by atoms with Crippen LogP contribution < -0.4 is 4.31 Å². The summed E-state index contributed by atoms with van der Waals surface area (Å²) in [6, 6.07) is 9.18. The summed E-state index contributed by atoms with van der Waals surface area (Å²) in [6.45, 7) is 1.61. The number of aryl methyl sites for hydroxylation is 1. The molecule has 0 bridgehead atoms. The van der Waals surface area contributed by atoms with Gasteiger partial charge in [-0.05, 0) is 48.2 Å². The Morgan fingerprint density at radius 3 is 2.62 bits per heavy atom. The molecule has 0 unspecified atom stereocenters. The second kappa shape index (κ2) is 7.37. The van der Waals surface area contributed by atoms with Crippen LogP contribution >= 0.6 is 11.3 Å². The van der Waals surface area contributed by atoms with Gasteiger partial charge in [0, 0.05) is 25.0 Å². The first-order valence-electron chi connectivity index (χ1n) is 8.45. The fraction of sp³-hybridized carbons (Fsp3) is 0.105. The summed E-state index contributed by atoms with van der Waals surface area (Å²) in [7, 11) is -2.60. The Kier molecular flexibility index (Phi) is 4.89. The van der Waals surface area contributed by atoms with Crippen LogP contribution in [0, 0.1) is 12.7 Å². The van der Waals surface area contributed by atoms with Gasteiger partial charge in [-0.25, -0.2) is 12.8 Å². The number of anilines is 1. The molecule has 4 rings (SSSR count). The normalized spacial score (nSPS) is 11.6. The van der Waals surface area contributed by atoms with E-state index >= 15 is 0 Å². The first-order chi connectivity index (χ1) is 13.9. The molecule has 0 aliphatic heterocycles. The van der Waals surface area contributed by atoms with E-state index in [2.05, 4.69) is 15.1 Å². The van der Waals surface area contributed by atoms with E-state index in [1.807, 2.05) is 0 Å². The zero-order valence-corrected chi connectivity index (χ0v) is 17.0. The molecule has 0 N–H and O–H groups in total. The third kappa shape index (κ3) is 3.52. The number of halogens is 1. The van der Waals surface area contributed by atoms with Crippen LogP contribution in [-0.2, 0) is 10.0 Å². The molecule has 0 spiro atoms. The highest BCUT2D eigenvalue weighted by Crippen LogP contribution is 2.35. The summed E-state index contributed by atoms with van der Waals surface area (Å²) in [4.78, 5) is 8.58. The summed E-state index contributed by atoms with van der Waals surface area (Å²) in [5, 5.41) is 5.55. The van der Waals surface area contributed by atoms with Gasteiger partial charge in [0.2, 0.25) is 5.82 Å². The van der Waals surface area contributed by atoms with Gasteiger partial charge in [-0.1, -0.05) is 11.2 Å². The minimum atomic E-state index is -3.97. The molecule has 3 aromatic heterocycles. The smallest absolute Gasteiger partial charge is 0.269 e. The number of sulfonamides is 1. The lowest BCUT2D eigenvalue weighted by molar-refractivity contribution is 0.432. The van der Waals surface area contributed by atoms with Gasteiger partial charge in [0.1, 0.15) is 15.6 Å². The summed E-state index contributed by atoms with van der Waals surface area (Å²) in [5.74, 6) is -0.0593. The molecule has 148 valence electrons. The van der Waals surface area contributed by atoms with Gasteiger partial charge in [0.05, 0.1) is 5.69 Å². The summed E-state index contributed by atoms with van der Waals surface area (Å²) < 4.78 is 46.6. The Labute approximate surface area is 170 Å². The molecular weight excluding hydrogens is 415 g/mol. The van der Waals surface area contributed by atoms with Gasteiger partial charge in [0.25, 0.3) is 15.9 Å². The summed E-state index contributed by atoms with van der Waals surface area (Å²) >= 11 is 1.17. The highest BCUT2D eigenvalue weighted by atomic mass is 32.2. The Morgan fingerprint density at radius 2 is 1.90 bits per heavy atom. The standard InChI is InChI=1S/C19H15FN4O3S2/c1-12-3-4-14(11-15(12)20)24(2)29(25,26)16-7-10-28-17(16)19-22-18(23-27-19)13-5-8-21-9-6-13/h3-11H,1-2H3. The highest BCUT2D eigenvalue weighted by molar-refractivity contribution is 7.93. The third-order valence-electron chi connectivity index (χ3n) is 4.35. The maximum atomic E-state index is 13.9. The zero-order valence-electron chi connectivity index (χ0n) is 15.4. The fourth-order valence-corrected chi connectivity index (χ4v) is 5.16. The zero-order chi connectivity index (χ0) is 20.6. The largest absolute Gasteiger partial charge is 0.333 e. The van der Waals surface area contributed by atoms with Crippen molar-refractivity contribution in [2.75, 3.05) is 11.4 Å². The molecule has 0 atom stereocenters. The number of benzene rings is 1. The van der Waals surface area contributed by atoms with Gasteiger partial charge < -0.3 is 4.52 Å². The third-order valence-corrected chi connectivity index (χ3v) is 7.20. The van der Waals surface area contributed by atoms with E-state index in [0.717, 1.165) is 4.31 Å². The van der Waals surface area contributed by atoms with Crippen LogP contribution in [0.5, 0.6) is 0 Å². The van der Waals surface area contributed by atoms with E-state index in [0.29, 0.717) is 21.8 Å². The van der Waals surface area contributed by atoms with Crippen LogP contribution in [0.4, 0.5) is 10.1 Å². The summed E-state index contributed by atoms with van der Waals surface area (Å²) in [5.41, 5.74) is 1.35. The average Bonchev–Trinajstić information content (AvgIpc) is 3.40. The second-order valence-electron chi connectivity index (χ2n) is 6.18. The van der Waals surface area contributed by atoms with Gasteiger partial charge in [-0.3, -0.25) is 9.29 Å². The number of hydrogen-bond donors (Lipinski definition) is 0. The van der Waals surface area contributed by atoms with Gasteiger partial charge in [-0.2, -0.15) is 4.98 Å². The molecule has 3 heterocycles. The van der Waals surface area contributed by atoms with Crippen molar-refractivity contribution in [1.29, 1.82) is 0 Å². The van der Waals surface area contributed by atoms with E-state index in [-0.39, 0.29) is 16.5 Å². The molecule has 0 saturated heterocycles. The van der Waals surface area contributed by atoms with Crippen molar-refractivity contribution in [3.05, 3.63) is 65.6 Å². The van der Waals surface area contributed by atoms with Crippen LogP contribution in [0.2, 0.25) is 0 Å². The van der Waals surface area contributed by atoms with Crippen molar-refractivity contribution in [3.8, 4) is 22.2 Å². The number of nitrogens with zero attached hydrogens (tertiary/aromatic N) is 4. The molecule has 0 aliphatic carbocycles. The van der Waals surface area contributed by atoms with E-state index < -0.39 is 15.8 Å². The topological polar surface area (TPSA) is 89.2 Å². The number of hydrogen-bond acceptors (Lipinski definition) is 7. The maximum absolute atomic E-state index is 13.9. The molecule has 4 aromatic rings. The van der Waals surface area contributed by atoms with Crippen molar-refractivity contribution in [2.24, 2.45) is 0 Å². The molecule has 29 heavy (non-hydrogen) atoms. The fourth-order valence-electron chi connectivity index (χ4n) is 2.65. The van der Waals surface area contributed by atoms with Crippen molar-refractivity contribution >= 4 is 27.0 Å². The molecule has 0 aliphatic rings. The predicted molar refractivity (Wildman–Crippen MR) is 108 cm³/mol. The minimum Gasteiger partial charge on any atom is -0.333 e. The maximum Gasteiger partial charge on any atom is 0.269 e. The SMILES string of the molecule is Cc1ccc(N(C)S(=O)(=O)c2ccsc2-c2nc(-c3ccncc3)no2)cc1F. The van der Waals surface area contributed by atoms with Gasteiger partial charge >= 0.3 is 0 Å². The van der Waals surface area contributed by atoms with Crippen molar-refractivity contribution in [1.82, 2.24) is 15.1 Å². The highest BCUT2D eigenvalue weighted by Gasteiger charge is 2.29.